The minimum absolute atomic E-state index is 0.160. The van der Waals surface area contributed by atoms with Gasteiger partial charge in [-0.25, -0.2) is 0 Å². The first kappa shape index (κ1) is 15.2. The molecule has 0 amide bonds. The van der Waals surface area contributed by atoms with E-state index in [2.05, 4.69) is 41.8 Å². The topological polar surface area (TPSA) is 44.3 Å². The summed E-state index contributed by atoms with van der Waals surface area (Å²) in [6.45, 7) is 9.15. The Morgan fingerprint density at radius 2 is 1.83 bits per heavy atom. The van der Waals surface area contributed by atoms with Crippen molar-refractivity contribution in [3.05, 3.63) is 35.9 Å². The van der Waals surface area contributed by atoms with Gasteiger partial charge in [0.25, 0.3) is 0 Å². The van der Waals surface area contributed by atoms with Gasteiger partial charge in [-0.3, -0.25) is 0 Å². The molecule has 18 heavy (non-hydrogen) atoms. The van der Waals surface area contributed by atoms with Gasteiger partial charge in [0.15, 0.2) is 0 Å². The smallest absolute Gasteiger partial charge is 0.0607 e. The average molecular weight is 250 g/mol. The van der Waals surface area contributed by atoms with E-state index in [1.54, 1.807) is 0 Å². The first-order valence-corrected chi connectivity index (χ1v) is 6.67. The van der Waals surface area contributed by atoms with Crippen molar-refractivity contribution < 1.29 is 5.11 Å². The summed E-state index contributed by atoms with van der Waals surface area (Å²) in [7, 11) is 0. The number of aliphatic hydroxyl groups excluding tert-OH is 1. The van der Waals surface area contributed by atoms with Crippen molar-refractivity contribution in [2.45, 2.75) is 32.2 Å². The minimum atomic E-state index is -0.188. The number of hydrogen-bond acceptors (Lipinski definition) is 3. The molecule has 0 aromatic heterocycles. The fourth-order valence-electron chi connectivity index (χ4n) is 1.76. The Balaban J connectivity index is 2.15. The Labute approximate surface area is 111 Å². The number of benzene rings is 1. The van der Waals surface area contributed by atoms with Crippen LogP contribution in [-0.2, 0) is 0 Å². The molecule has 3 nitrogen and oxygen atoms in total. The molecule has 3 N–H and O–H groups in total. The lowest BCUT2D eigenvalue weighted by molar-refractivity contribution is 0.189. The summed E-state index contributed by atoms with van der Waals surface area (Å²) in [5, 5.41) is 15.9. The predicted octanol–water partition coefficient (Wildman–Crippen LogP) is 1.74. The second-order valence-electron chi connectivity index (χ2n) is 5.48. The van der Waals surface area contributed by atoms with Gasteiger partial charge >= 0.3 is 0 Å². The average Bonchev–Trinajstić information content (AvgIpc) is 2.39. The van der Waals surface area contributed by atoms with Crippen LogP contribution in [0.15, 0.2) is 30.3 Å². The van der Waals surface area contributed by atoms with Crippen molar-refractivity contribution in [1.82, 2.24) is 10.6 Å². The van der Waals surface area contributed by atoms with Crippen LogP contribution in [0.3, 0.4) is 0 Å². The Bertz CT molecular complexity index is 325. The summed E-state index contributed by atoms with van der Waals surface area (Å²) in [5.41, 5.74) is 1.18. The van der Waals surface area contributed by atoms with Gasteiger partial charge in [0, 0.05) is 25.2 Å². The van der Waals surface area contributed by atoms with Gasteiger partial charge in [-0.1, -0.05) is 37.3 Å². The van der Waals surface area contributed by atoms with E-state index in [1.807, 2.05) is 19.9 Å². The third-order valence-corrected chi connectivity index (χ3v) is 3.12. The first-order chi connectivity index (χ1) is 8.55. The summed E-state index contributed by atoms with van der Waals surface area (Å²) in [6, 6.07) is 10.5. The zero-order valence-electron chi connectivity index (χ0n) is 11.7. The maximum atomic E-state index is 9.10. The van der Waals surface area contributed by atoms with E-state index in [9.17, 15) is 0 Å². The van der Waals surface area contributed by atoms with Crippen LogP contribution in [0.1, 0.15) is 32.3 Å². The van der Waals surface area contributed by atoms with Gasteiger partial charge in [0.2, 0.25) is 0 Å². The van der Waals surface area contributed by atoms with Crippen LogP contribution in [0.25, 0.3) is 0 Å². The van der Waals surface area contributed by atoms with Crippen molar-refractivity contribution in [1.29, 1.82) is 0 Å². The van der Waals surface area contributed by atoms with Gasteiger partial charge in [0.05, 0.1) is 6.61 Å². The lowest BCUT2D eigenvalue weighted by atomic mass is 10.0. The van der Waals surface area contributed by atoms with E-state index >= 15 is 0 Å². The Hall–Kier alpha value is -0.900. The molecule has 1 aromatic rings. The maximum absolute atomic E-state index is 9.10. The van der Waals surface area contributed by atoms with Crippen molar-refractivity contribution in [3.63, 3.8) is 0 Å². The molecule has 0 aliphatic heterocycles. The molecule has 0 fully saturated rings. The molecule has 1 rings (SSSR count). The number of hydrogen-bond donors (Lipinski definition) is 3. The summed E-state index contributed by atoms with van der Waals surface area (Å²) < 4.78 is 0. The SMILES string of the molecule is CC(CNCCNC(C)(C)CO)c1ccccc1. The molecule has 0 aliphatic carbocycles. The largest absolute Gasteiger partial charge is 0.394 e. The van der Waals surface area contributed by atoms with Crippen molar-refractivity contribution >= 4 is 0 Å². The summed E-state index contributed by atoms with van der Waals surface area (Å²) in [4.78, 5) is 0. The van der Waals surface area contributed by atoms with E-state index in [4.69, 9.17) is 5.11 Å². The fourth-order valence-corrected chi connectivity index (χ4v) is 1.76. The van der Waals surface area contributed by atoms with Gasteiger partial charge in [0.1, 0.15) is 0 Å². The molecular weight excluding hydrogens is 224 g/mol. The molecule has 1 aromatic carbocycles. The van der Waals surface area contributed by atoms with Crippen LogP contribution in [0.5, 0.6) is 0 Å². The number of rotatable bonds is 8. The van der Waals surface area contributed by atoms with Gasteiger partial charge in [-0.05, 0) is 25.3 Å². The van der Waals surface area contributed by atoms with Crippen molar-refractivity contribution in [2.24, 2.45) is 0 Å². The summed E-state index contributed by atoms with van der Waals surface area (Å²) in [6.07, 6.45) is 0. The molecule has 3 heteroatoms. The molecule has 0 aliphatic rings. The predicted molar refractivity (Wildman–Crippen MR) is 76.9 cm³/mol. The highest BCUT2D eigenvalue weighted by atomic mass is 16.3. The minimum Gasteiger partial charge on any atom is -0.394 e. The third kappa shape index (κ3) is 5.63. The highest BCUT2D eigenvalue weighted by Gasteiger charge is 2.14. The van der Waals surface area contributed by atoms with Crippen LogP contribution < -0.4 is 10.6 Å². The molecule has 102 valence electrons. The highest BCUT2D eigenvalue weighted by Crippen LogP contribution is 2.12. The Kier molecular flexibility index (Phi) is 6.33. The van der Waals surface area contributed by atoms with E-state index in [-0.39, 0.29) is 12.1 Å². The number of aliphatic hydroxyl groups is 1. The molecule has 0 saturated heterocycles. The molecule has 0 saturated carbocycles. The highest BCUT2D eigenvalue weighted by molar-refractivity contribution is 5.18. The van der Waals surface area contributed by atoms with Crippen LogP contribution in [-0.4, -0.2) is 36.9 Å². The van der Waals surface area contributed by atoms with Crippen molar-refractivity contribution in [3.8, 4) is 0 Å². The summed E-state index contributed by atoms with van der Waals surface area (Å²) >= 11 is 0. The zero-order chi connectivity index (χ0) is 13.4. The lowest BCUT2D eigenvalue weighted by Crippen LogP contribution is -2.45. The normalized spacial score (nSPS) is 13.6. The van der Waals surface area contributed by atoms with Gasteiger partial charge in [-0.15, -0.1) is 0 Å². The molecule has 0 heterocycles. The maximum Gasteiger partial charge on any atom is 0.0607 e. The molecule has 0 radical (unpaired) electrons. The molecule has 1 unspecified atom stereocenters. The second-order valence-corrected chi connectivity index (χ2v) is 5.48. The molecular formula is C15H26N2O. The van der Waals surface area contributed by atoms with Gasteiger partial charge < -0.3 is 15.7 Å². The number of nitrogens with one attached hydrogen (secondary N) is 2. The van der Waals surface area contributed by atoms with Crippen LogP contribution in [0.4, 0.5) is 0 Å². The van der Waals surface area contributed by atoms with Gasteiger partial charge in [-0.2, -0.15) is 0 Å². The Morgan fingerprint density at radius 1 is 1.17 bits per heavy atom. The van der Waals surface area contributed by atoms with Crippen LogP contribution >= 0.6 is 0 Å². The van der Waals surface area contributed by atoms with E-state index < -0.39 is 0 Å². The zero-order valence-corrected chi connectivity index (χ0v) is 11.7. The van der Waals surface area contributed by atoms with E-state index in [0.717, 1.165) is 19.6 Å². The van der Waals surface area contributed by atoms with Crippen LogP contribution in [0, 0.1) is 0 Å². The van der Waals surface area contributed by atoms with Crippen molar-refractivity contribution in [2.75, 3.05) is 26.2 Å². The lowest BCUT2D eigenvalue weighted by Gasteiger charge is -2.23. The molecule has 0 bridgehead atoms. The van der Waals surface area contributed by atoms with E-state index in [1.165, 1.54) is 5.56 Å². The monoisotopic (exact) mass is 250 g/mol. The second kappa shape index (κ2) is 7.52. The fraction of sp³-hybridized carbons (Fsp3) is 0.600. The van der Waals surface area contributed by atoms with E-state index in [0.29, 0.717) is 5.92 Å². The van der Waals surface area contributed by atoms with Crippen LogP contribution in [0.2, 0.25) is 0 Å². The molecule has 1 atom stereocenters. The summed E-state index contributed by atoms with van der Waals surface area (Å²) in [5.74, 6) is 0.525. The Morgan fingerprint density at radius 3 is 2.44 bits per heavy atom. The first-order valence-electron chi connectivity index (χ1n) is 6.67. The standard InChI is InChI=1S/C15H26N2O/c1-13(14-7-5-4-6-8-14)11-16-9-10-17-15(2,3)12-18/h4-8,13,16-18H,9-12H2,1-3H3. The molecule has 0 spiro atoms. The quantitative estimate of drug-likeness (QED) is 0.616. The third-order valence-electron chi connectivity index (χ3n) is 3.12.